The molecule has 0 N–H and O–H groups in total. The van der Waals surface area contributed by atoms with Gasteiger partial charge in [0, 0.05) is 4.83 Å². The van der Waals surface area contributed by atoms with Crippen molar-refractivity contribution in [2.45, 2.75) is 50.8 Å². The van der Waals surface area contributed by atoms with Crippen molar-refractivity contribution in [1.82, 2.24) is 0 Å². The van der Waals surface area contributed by atoms with Crippen LogP contribution in [-0.2, 0) is 0 Å². The third-order valence-electron chi connectivity index (χ3n) is 3.15. The van der Waals surface area contributed by atoms with Crippen molar-refractivity contribution in [2.75, 3.05) is 0 Å². The predicted octanol–water partition coefficient (Wildman–Crippen LogP) is 3.99. The first-order valence-electron chi connectivity index (χ1n) is 4.88. The lowest BCUT2D eigenvalue weighted by atomic mass is 9.80. The van der Waals surface area contributed by atoms with E-state index in [-0.39, 0.29) is 0 Å². The van der Waals surface area contributed by atoms with Gasteiger partial charge in [0.25, 0.3) is 0 Å². The van der Waals surface area contributed by atoms with E-state index < -0.39 is 0 Å². The molecule has 0 aromatic carbocycles. The number of alkyl halides is 1. The molecule has 1 unspecified atom stereocenters. The zero-order chi connectivity index (χ0) is 8.27. The SMILES string of the molecule is CCC(C)C1CCC(Br)CC1. The van der Waals surface area contributed by atoms with Gasteiger partial charge in [0.2, 0.25) is 0 Å². The molecule has 1 heteroatoms. The van der Waals surface area contributed by atoms with Crippen LogP contribution in [0.15, 0.2) is 0 Å². The Kier molecular flexibility index (Phi) is 3.91. The van der Waals surface area contributed by atoms with Crippen LogP contribution in [0.5, 0.6) is 0 Å². The number of hydrogen-bond donors (Lipinski definition) is 0. The summed E-state index contributed by atoms with van der Waals surface area (Å²) < 4.78 is 0. The second-order valence-corrected chi connectivity index (χ2v) is 5.19. The van der Waals surface area contributed by atoms with Gasteiger partial charge in [-0.15, -0.1) is 0 Å². The maximum absolute atomic E-state index is 3.69. The lowest BCUT2D eigenvalue weighted by Crippen LogP contribution is -2.19. The first-order chi connectivity index (χ1) is 5.24. The molecule has 1 rings (SSSR count). The second-order valence-electron chi connectivity index (χ2n) is 3.90. The molecule has 0 saturated heterocycles. The number of rotatable bonds is 2. The van der Waals surface area contributed by atoms with E-state index in [1.54, 1.807) is 0 Å². The summed E-state index contributed by atoms with van der Waals surface area (Å²) in [5.41, 5.74) is 0. The molecule has 1 saturated carbocycles. The van der Waals surface area contributed by atoms with Crippen LogP contribution in [0.3, 0.4) is 0 Å². The highest BCUT2D eigenvalue weighted by Gasteiger charge is 2.22. The van der Waals surface area contributed by atoms with Crippen LogP contribution in [-0.4, -0.2) is 4.83 Å². The van der Waals surface area contributed by atoms with Crippen molar-refractivity contribution >= 4 is 15.9 Å². The van der Waals surface area contributed by atoms with E-state index in [2.05, 4.69) is 29.8 Å². The van der Waals surface area contributed by atoms with Gasteiger partial charge >= 0.3 is 0 Å². The summed E-state index contributed by atoms with van der Waals surface area (Å²) >= 11 is 3.69. The lowest BCUT2D eigenvalue weighted by Gasteiger charge is -2.29. The van der Waals surface area contributed by atoms with Gasteiger partial charge in [0.15, 0.2) is 0 Å². The highest BCUT2D eigenvalue weighted by molar-refractivity contribution is 9.09. The summed E-state index contributed by atoms with van der Waals surface area (Å²) in [7, 11) is 0. The average Bonchev–Trinajstić information content (AvgIpc) is 2.05. The third kappa shape index (κ3) is 2.77. The molecule has 0 nitrogen and oxygen atoms in total. The van der Waals surface area contributed by atoms with E-state index >= 15 is 0 Å². The van der Waals surface area contributed by atoms with Crippen molar-refractivity contribution in [3.05, 3.63) is 0 Å². The summed E-state index contributed by atoms with van der Waals surface area (Å²) in [6, 6.07) is 0. The maximum atomic E-state index is 3.69. The van der Waals surface area contributed by atoms with Gasteiger partial charge in [0.1, 0.15) is 0 Å². The molecule has 0 heterocycles. The fourth-order valence-electron chi connectivity index (χ4n) is 1.98. The fourth-order valence-corrected chi connectivity index (χ4v) is 2.51. The summed E-state index contributed by atoms with van der Waals surface area (Å²) in [5, 5.41) is 0. The molecule has 0 amide bonds. The molecule has 0 aromatic rings. The zero-order valence-corrected chi connectivity index (χ0v) is 9.23. The Balaban J connectivity index is 2.27. The van der Waals surface area contributed by atoms with Crippen LogP contribution in [0.25, 0.3) is 0 Å². The number of hydrogen-bond acceptors (Lipinski definition) is 0. The molecule has 1 atom stereocenters. The molecule has 1 aliphatic carbocycles. The van der Waals surface area contributed by atoms with Gasteiger partial charge in [-0.1, -0.05) is 36.2 Å². The first kappa shape index (κ1) is 9.57. The Hall–Kier alpha value is 0.480. The van der Waals surface area contributed by atoms with Gasteiger partial charge in [-0.05, 0) is 37.5 Å². The van der Waals surface area contributed by atoms with Crippen molar-refractivity contribution < 1.29 is 0 Å². The van der Waals surface area contributed by atoms with E-state index in [0.29, 0.717) is 0 Å². The second kappa shape index (κ2) is 4.49. The largest absolute Gasteiger partial charge is 0.0891 e. The molecule has 0 radical (unpaired) electrons. The van der Waals surface area contributed by atoms with Gasteiger partial charge in [-0.25, -0.2) is 0 Å². The lowest BCUT2D eigenvalue weighted by molar-refractivity contribution is 0.263. The van der Waals surface area contributed by atoms with Gasteiger partial charge in [-0.3, -0.25) is 0 Å². The van der Waals surface area contributed by atoms with Crippen LogP contribution >= 0.6 is 15.9 Å². The fraction of sp³-hybridized carbons (Fsp3) is 1.00. The quantitative estimate of drug-likeness (QED) is 0.616. The normalized spacial score (nSPS) is 35.2. The third-order valence-corrected chi connectivity index (χ3v) is 4.07. The summed E-state index contributed by atoms with van der Waals surface area (Å²) in [6.07, 6.45) is 7.05. The van der Waals surface area contributed by atoms with Crippen molar-refractivity contribution in [2.24, 2.45) is 11.8 Å². The van der Waals surface area contributed by atoms with Crippen LogP contribution in [0.2, 0.25) is 0 Å². The molecule has 66 valence electrons. The molecule has 0 aromatic heterocycles. The molecule has 0 bridgehead atoms. The molecule has 0 aliphatic heterocycles. The Bertz CT molecular complexity index is 103. The predicted molar refractivity (Wildman–Crippen MR) is 54.1 cm³/mol. The molecule has 11 heavy (non-hydrogen) atoms. The summed E-state index contributed by atoms with van der Waals surface area (Å²) in [5.74, 6) is 1.98. The minimum Gasteiger partial charge on any atom is -0.0891 e. The topological polar surface area (TPSA) is 0 Å². The number of halogens is 1. The molecule has 1 aliphatic rings. The molecular formula is C10H19Br. The Morgan fingerprint density at radius 3 is 2.27 bits per heavy atom. The van der Waals surface area contributed by atoms with Gasteiger partial charge in [-0.2, -0.15) is 0 Å². The molecule has 0 spiro atoms. The molecule has 1 fully saturated rings. The summed E-state index contributed by atoms with van der Waals surface area (Å²) in [4.78, 5) is 0.822. The highest BCUT2D eigenvalue weighted by atomic mass is 79.9. The smallest absolute Gasteiger partial charge is 0.0146 e. The van der Waals surface area contributed by atoms with E-state index in [1.807, 2.05) is 0 Å². The van der Waals surface area contributed by atoms with Crippen LogP contribution in [0, 0.1) is 11.8 Å². The first-order valence-corrected chi connectivity index (χ1v) is 5.79. The van der Waals surface area contributed by atoms with E-state index in [9.17, 15) is 0 Å². The minimum atomic E-state index is 0.822. The monoisotopic (exact) mass is 218 g/mol. The van der Waals surface area contributed by atoms with Gasteiger partial charge in [0.05, 0.1) is 0 Å². The van der Waals surface area contributed by atoms with E-state index in [0.717, 1.165) is 16.7 Å². The standard InChI is InChI=1S/C10H19Br/c1-3-8(2)9-4-6-10(11)7-5-9/h8-10H,3-7H2,1-2H3. The zero-order valence-electron chi connectivity index (χ0n) is 7.65. The summed E-state index contributed by atoms with van der Waals surface area (Å²) in [6.45, 7) is 4.71. The van der Waals surface area contributed by atoms with Crippen LogP contribution < -0.4 is 0 Å². The Morgan fingerprint density at radius 1 is 1.27 bits per heavy atom. The van der Waals surface area contributed by atoms with Crippen LogP contribution in [0.1, 0.15) is 46.0 Å². The van der Waals surface area contributed by atoms with Crippen molar-refractivity contribution in [3.63, 3.8) is 0 Å². The van der Waals surface area contributed by atoms with Crippen LogP contribution in [0.4, 0.5) is 0 Å². The van der Waals surface area contributed by atoms with E-state index in [1.165, 1.54) is 32.1 Å². The Labute approximate surface area is 78.9 Å². The maximum Gasteiger partial charge on any atom is 0.0146 e. The highest BCUT2D eigenvalue weighted by Crippen LogP contribution is 2.34. The van der Waals surface area contributed by atoms with Crippen molar-refractivity contribution in [3.8, 4) is 0 Å². The van der Waals surface area contributed by atoms with Gasteiger partial charge < -0.3 is 0 Å². The van der Waals surface area contributed by atoms with Crippen molar-refractivity contribution in [1.29, 1.82) is 0 Å². The molecular weight excluding hydrogens is 200 g/mol. The van der Waals surface area contributed by atoms with E-state index in [4.69, 9.17) is 0 Å². The Morgan fingerprint density at radius 2 is 1.82 bits per heavy atom. The average molecular weight is 219 g/mol. The minimum absolute atomic E-state index is 0.822.